The highest BCUT2D eigenvalue weighted by atomic mass is 32.2. The molecular formula is C12H10F17NO5S2. The molecule has 0 saturated carbocycles. The van der Waals surface area contributed by atoms with Gasteiger partial charge in [0.15, 0.2) is 0 Å². The van der Waals surface area contributed by atoms with Gasteiger partial charge in [-0.2, -0.15) is 87.3 Å². The molecule has 0 bridgehead atoms. The van der Waals surface area contributed by atoms with Gasteiger partial charge in [0.2, 0.25) is 0 Å². The van der Waals surface area contributed by atoms with Gasteiger partial charge in [0.1, 0.15) is 0 Å². The van der Waals surface area contributed by atoms with Crippen LogP contribution in [-0.2, 0) is 24.4 Å². The number of nitrogens with one attached hydrogen (secondary N) is 1. The Labute approximate surface area is 194 Å². The van der Waals surface area contributed by atoms with Gasteiger partial charge in [-0.05, 0) is 6.42 Å². The van der Waals surface area contributed by atoms with Gasteiger partial charge in [0.25, 0.3) is 10.1 Å². The Morgan fingerprint density at radius 3 is 1.22 bits per heavy atom. The van der Waals surface area contributed by atoms with Crippen molar-refractivity contribution in [1.82, 2.24) is 4.89 Å². The summed E-state index contributed by atoms with van der Waals surface area (Å²) in [6, 6.07) is 0. The maximum atomic E-state index is 13.7. The molecule has 0 fully saturated rings. The van der Waals surface area contributed by atoms with Crippen molar-refractivity contribution in [2.45, 2.75) is 66.7 Å². The molecule has 0 aromatic heterocycles. The van der Waals surface area contributed by atoms with Gasteiger partial charge in [0.05, 0.1) is 5.75 Å². The number of rotatable bonds is 13. The summed E-state index contributed by atoms with van der Waals surface area (Å²) in [4.78, 5) is -0.437. The predicted octanol–water partition coefficient (Wildman–Crippen LogP) is 4.93. The highest BCUT2D eigenvalue weighted by molar-refractivity contribution is 7.91. The third-order valence-electron chi connectivity index (χ3n) is 4.05. The van der Waals surface area contributed by atoms with Crippen LogP contribution in [0.2, 0.25) is 0 Å². The molecule has 0 aliphatic heterocycles. The van der Waals surface area contributed by atoms with Crippen LogP contribution in [0.1, 0.15) is 19.8 Å². The van der Waals surface area contributed by atoms with E-state index in [9.17, 15) is 91.5 Å². The maximum Gasteiger partial charge on any atom is 0.460 e. The molecule has 6 nitrogen and oxygen atoms in total. The molecule has 0 spiro atoms. The van der Waals surface area contributed by atoms with Crippen LogP contribution in [0.15, 0.2) is 0 Å². The van der Waals surface area contributed by atoms with Crippen LogP contribution in [0.5, 0.6) is 0 Å². The van der Waals surface area contributed by atoms with Crippen LogP contribution in [0.25, 0.3) is 0 Å². The highest BCUT2D eigenvalue weighted by Crippen LogP contribution is 2.64. The molecule has 0 aliphatic rings. The van der Waals surface area contributed by atoms with E-state index in [0.717, 1.165) is 0 Å². The summed E-state index contributed by atoms with van der Waals surface area (Å²) < 4.78 is 271. The van der Waals surface area contributed by atoms with Crippen molar-refractivity contribution >= 4 is 20.1 Å². The van der Waals surface area contributed by atoms with Crippen LogP contribution in [0.4, 0.5) is 74.6 Å². The third-order valence-corrected chi connectivity index (χ3v) is 6.51. The minimum atomic E-state index is -8.99. The molecule has 224 valence electrons. The monoisotopic (exact) mass is 635 g/mol. The van der Waals surface area contributed by atoms with Crippen molar-refractivity contribution in [3.63, 3.8) is 0 Å². The minimum absolute atomic E-state index is 0.0445. The number of alkyl halides is 17. The minimum Gasteiger partial charge on any atom is -0.204 e. The topological polar surface area (TPSA) is 89.5 Å². The van der Waals surface area contributed by atoms with E-state index >= 15 is 0 Å². The van der Waals surface area contributed by atoms with E-state index in [1.54, 1.807) is 0 Å². The molecule has 0 aromatic rings. The molecule has 0 radical (unpaired) electrons. The molecule has 37 heavy (non-hydrogen) atoms. The molecule has 0 aromatic carbocycles. The second-order valence-electron chi connectivity index (χ2n) is 6.75. The van der Waals surface area contributed by atoms with Crippen LogP contribution in [0, 0.1) is 0 Å². The normalized spacial score (nSPS) is 16.3. The molecule has 0 saturated heterocycles. The van der Waals surface area contributed by atoms with Gasteiger partial charge in [-0.1, -0.05) is 18.2 Å². The summed E-state index contributed by atoms with van der Waals surface area (Å²) in [7, 11) is -13.2. The van der Waals surface area contributed by atoms with E-state index in [1.807, 2.05) is 0 Å². The predicted molar refractivity (Wildman–Crippen MR) is 82.5 cm³/mol. The molecular weight excluding hydrogens is 625 g/mol. The highest BCUT2D eigenvalue weighted by Gasteiger charge is 2.96. The Bertz CT molecular complexity index is 1040. The molecule has 0 unspecified atom stereocenters. The Morgan fingerprint density at radius 2 is 0.892 bits per heavy atom. The van der Waals surface area contributed by atoms with Crippen LogP contribution >= 0.6 is 0 Å². The summed E-state index contributed by atoms with van der Waals surface area (Å²) in [6.45, 7) is 1.26. The third kappa shape index (κ3) is 5.40. The lowest BCUT2D eigenvalue weighted by molar-refractivity contribution is -0.458. The largest absolute Gasteiger partial charge is 0.460 e. The summed E-state index contributed by atoms with van der Waals surface area (Å²) in [5.41, 5.74) is 0. The second kappa shape index (κ2) is 9.67. The second-order valence-corrected chi connectivity index (χ2v) is 10.1. The van der Waals surface area contributed by atoms with Gasteiger partial charge in [-0.15, -0.1) is 0 Å². The van der Waals surface area contributed by atoms with Gasteiger partial charge in [0, 0.05) is 0 Å². The average Bonchev–Trinajstić information content (AvgIpc) is 2.69. The number of hydrogen-bond acceptors (Lipinski definition) is 5. The SMILES string of the molecule is CCCCS(=O)(=O)ONS(=O)(=O)C(F)(F)C(F)(F)C(F)(F)C(F)(F)C(F)(F)C(F)(F)C(F)(F)C(F)(F)F. The molecule has 0 heterocycles. The average molecular weight is 635 g/mol. The van der Waals surface area contributed by atoms with Crippen molar-refractivity contribution in [3.8, 4) is 0 Å². The molecule has 1 N–H and O–H groups in total. The lowest BCUT2D eigenvalue weighted by Gasteiger charge is -2.42. The van der Waals surface area contributed by atoms with Gasteiger partial charge >= 0.3 is 57.0 Å². The summed E-state index contributed by atoms with van der Waals surface area (Å²) in [6.07, 6.45) is -8.44. The number of halogens is 17. The Balaban J connectivity index is 6.71. The smallest absolute Gasteiger partial charge is 0.204 e. The first-order chi connectivity index (χ1) is 15.8. The molecule has 0 rings (SSSR count). The fraction of sp³-hybridized carbons (Fsp3) is 1.00. The lowest BCUT2D eigenvalue weighted by Crippen LogP contribution is -2.75. The zero-order chi connectivity index (χ0) is 30.5. The molecule has 0 amide bonds. The van der Waals surface area contributed by atoms with Crippen LogP contribution in [0.3, 0.4) is 0 Å². The van der Waals surface area contributed by atoms with E-state index in [2.05, 4.69) is 4.28 Å². The quantitative estimate of drug-likeness (QED) is 0.229. The zero-order valence-electron chi connectivity index (χ0n) is 16.9. The maximum absolute atomic E-state index is 13.7. The Kier molecular flexibility index (Phi) is 9.32. The number of hydrogen-bond donors (Lipinski definition) is 1. The Hall–Kier alpha value is -1.37. The van der Waals surface area contributed by atoms with Gasteiger partial charge in [-0.3, -0.25) is 0 Å². The molecule has 0 aliphatic carbocycles. The molecule has 0 atom stereocenters. The van der Waals surface area contributed by atoms with Crippen molar-refractivity contribution in [3.05, 3.63) is 0 Å². The van der Waals surface area contributed by atoms with Crippen LogP contribution in [-0.4, -0.2) is 69.6 Å². The zero-order valence-corrected chi connectivity index (χ0v) is 18.5. The summed E-state index contributed by atoms with van der Waals surface area (Å²) >= 11 is 0. The first-order valence-electron chi connectivity index (χ1n) is 8.40. The van der Waals surface area contributed by atoms with Crippen molar-refractivity contribution in [2.75, 3.05) is 5.75 Å². The fourth-order valence-corrected chi connectivity index (χ4v) is 3.90. The van der Waals surface area contributed by atoms with Crippen molar-refractivity contribution in [2.24, 2.45) is 0 Å². The van der Waals surface area contributed by atoms with E-state index in [-0.39, 0.29) is 6.42 Å². The van der Waals surface area contributed by atoms with Gasteiger partial charge < -0.3 is 0 Å². The van der Waals surface area contributed by atoms with Crippen molar-refractivity contribution in [1.29, 1.82) is 0 Å². The summed E-state index contributed by atoms with van der Waals surface area (Å²) in [5, 5.41) is -7.93. The summed E-state index contributed by atoms with van der Waals surface area (Å²) in [5.74, 6) is -53.8. The standard InChI is InChI=1S/C12H10F17NO5S2/c1-2-3-4-36(31,32)35-30-37(33,34)12(28,29)10(23,24)8(19,20)6(15,16)5(13,14)7(17,18)9(21,22)11(25,26)27/h30H,2-4H2,1H3. The number of unbranched alkanes of at least 4 members (excludes halogenated alkanes) is 1. The van der Waals surface area contributed by atoms with Crippen molar-refractivity contribution < 1.29 is 95.8 Å². The van der Waals surface area contributed by atoms with Gasteiger partial charge in [-0.25, -0.2) is 8.42 Å². The van der Waals surface area contributed by atoms with E-state index < -0.39 is 84.2 Å². The van der Waals surface area contributed by atoms with E-state index in [0.29, 0.717) is 0 Å². The first kappa shape index (κ1) is 35.6. The molecule has 25 heteroatoms. The van der Waals surface area contributed by atoms with Crippen LogP contribution < -0.4 is 4.89 Å². The number of sulfonamides is 1. The Morgan fingerprint density at radius 1 is 0.568 bits per heavy atom. The van der Waals surface area contributed by atoms with E-state index in [4.69, 9.17) is 0 Å². The first-order valence-corrected chi connectivity index (χ1v) is 11.5. The fourth-order valence-electron chi connectivity index (χ4n) is 1.83. The lowest BCUT2D eigenvalue weighted by atomic mass is 9.91. The van der Waals surface area contributed by atoms with E-state index in [1.165, 1.54) is 6.92 Å².